The molecule has 2 aromatic rings. The lowest BCUT2D eigenvalue weighted by molar-refractivity contribution is -0.122. The maximum absolute atomic E-state index is 12.3. The van der Waals surface area contributed by atoms with Gasteiger partial charge in [-0.3, -0.25) is 4.79 Å². The molecule has 3 nitrogen and oxygen atoms in total. The van der Waals surface area contributed by atoms with Gasteiger partial charge in [0.25, 0.3) is 5.91 Å². The molecule has 5 heteroatoms. The standard InChI is InChI=1S/C17H17BrClNO2/c1-3-16(22-14-6-4-5-12(19)10-14)17(21)20-13-7-8-15(18)11(2)9-13/h4-10,16H,3H2,1-2H3,(H,20,21)/t16-/m1/s1. The summed E-state index contributed by atoms with van der Waals surface area (Å²) in [6, 6.07) is 12.7. The van der Waals surface area contributed by atoms with Crippen molar-refractivity contribution in [2.75, 3.05) is 5.32 Å². The third-order valence-corrected chi connectivity index (χ3v) is 4.29. The molecule has 1 N–H and O–H groups in total. The van der Waals surface area contributed by atoms with E-state index in [9.17, 15) is 4.79 Å². The molecule has 0 aromatic heterocycles. The van der Waals surface area contributed by atoms with Crippen LogP contribution in [0, 0.1) is 6.92 Å². The van der Waals surface area contributed by atoms with Crippen molar-refractivity contribution in [2.24, 2.45) is 0 Å². The molecule has 0 aliphatic heterocycles. The van der Waals surface area contributed by atoms with Gasteiger partial charge < -0.3 is 10.1 Å². The number of hydrogen-bond acceptors (Lipinski definition) is 2. The number of anilines is 1. The number of hydrogen-bond donors (Lipinski definition) is 1. The molecule has 0 unspecified atom stereocenters. The number of aryl methyl sites for hydroxylation is 1. The Hall–Kier alpha value is -1.52. The van der Waals surface area contributed by atoms with Crippen LogP contribution in [0.15, 0.2) is 46.9 Å². The number of rotatable bonds is 5. The number of carbonyl (C=O) groups is 1. The van der Waals surface area contributed by atoms with Crippen LogP contribution in [-0.4, -0.2) is 12.0 Å². The van der Waals surface area contributed by atoms with Crippen molar-refractivity contribution in [1.29, 1.82) is 0 Å². The van der Waals surface area contributed by atoms with Crippen LogP contribution in [-0.2, 0) is 4.79 Å². The maximum Gasteiger partial charge on any atom is 0.265 e. The molecule has 0 aliphatic carbocycles. The predicted molar refractivity (Wildman–Crippen MR) is 93.7 cm³/mol. The zero-order chi connectivity index (χ0) is 16.1. The lowest BCUT2D eigenvalue weighted by Gasteiger charge is -2.17. The average molecular weight is 383 g/mol. The summed E-state index contributed by atoms with van der Waals surface area (Å²) in [7, 11) is 0. The van der Waals surface area contributed by atoms with Gasteiger partial charge in [-0.2, -0.15) is 0 Å². The highest BCUT2D eigenvalue weighted by Crippen LogP contribution is 2.22. The summed E-state index contributed by atoms with van der Waals surface area (Å²) in [6.07, 6.45) is -0.00385. The predicted octanol–water partition coefficient (Wildman–Crippen LogP) is 5.21. The van der Waals surface area contributed by atoms with E-state index < -0.39 is 6.10 Å². The van der Waals surface area contributed by atoms with E-state index in [0.717, 1.165) is 15.7 Å². The van der Waals surface area contributed by atoms with Crippen molar-refractivity contribution in [2.45, 2.75) is 26.4 Å². The molecule has 0 spiro atoms. The first-order valence-electron chi connectivity index (χ1n) is 6.99. The summed E-state index contributed by atoms with van der Waals surface area (Å²) >= 11 is 9.37. The molecule has 0 saturated heterocycles. The van der Waals surface area contributed by atoms with E-state index in [1.807, 2.05) is 32.0 Å². The quantitative estimate of drug-likeness (QED) is 0.771. The molecule has 0 aliphatic rings. The highest BCUT2D eigenvalue weighted by atomic mass is 79.9. The second kappa shape index (κ2) is 7.65. The molecular weight excluding hydrogens is 366 g/mol. The Morgan fingerprint density at radius 3 is 2.73 bits per heavy atom. The molecule has 0 bridgehead atoms. The third kappa shape index (κ3) is 4.49. The monoisotopic (exact) mass is 381 g/mol. The van der Waals surface area contributed by atoms with Gasteiger partial charge in [-0.1, -0.05) is 40.5 Å². The van der Waals surface area contributed by atoms with Crippen LogP contribution in [0.4, 0.5) is 5.69 Å². The number of nitrogens with one attached hydrogen (secondary N) is 1. The van der Waals surface area contributed by atoms with Gasteiger partial charge in [0.1, 0.15) is 5.75 Å². The lowest BCUT2D eigenvalue weighted by Crippen LogP contribution is -2.32. The normalized spacial score (nSPS) is 11.8. The average Bonchev–Trinajstić information content (AvgIpc) is 2.48. The second-order valence-electron chi connectivity index (χ2n) is 4.93. The fraction of sp³-hybridized carbons (Fsp3) is 0.235. The fourth-order valence-corrected chi connectivity index (χ4v) is 2.40. The smallest absolute Gasteiger partial charge is 0.265 e. The van der Waals surface area contributed by atoms with E-state index >= 15 is 0 Å². The zero-order valence-corrected chi connectivity index (χ0v) is 14.7. The summed E-state index contributed by atoms with van der Waals surface area (Å²) in [4.78, 5) is 12.3. The van der Waals surface area contributed by atoms with E-state index in [2.05, 4.69) is 21.2 Å². The van der Waals surface area contributed by atoms with Gasteiger partial charge in [0.15, 0.2) is 6.10 Å². The van der Waals surface area contributed by atoms with Crippen molar-refractivity contribution >= 4 is 39.1 Å². The maximum atomic E-state index is 12.3. The second-order valence-corrected chi connectivity index (χ2v) is 6.22. The van der Waals surface area contributed by atoms with Gasteiger partial charge in [0, 0.05) is 15.2 Å². The van der Waals surface area contributed by atoms with Crippen molar-refractivity contribution in [3.05, 3.63) is 57.5 Å². The van der Waals surface area contributed by atoms with Gasteiger partial charge in [0.05, 0.1) is 0 Å². The van der Waals surface area contributed by atoms with Crippen LogP contribution >= 0.6 is 27.5 Å². The zero-order valence-electron chi connectivity index (χ0n) is 12.4. The van der Waals surface area contributed by atoms with Crippen LogP contribution < -0.4 is 10.1 Å². The SMILES string of the molecule is CC[C@@H](Oc1cccc(Cl)c1)C(=O)Nc1ccc(Br)c(C)c1. The fourth-order valence-electron chi connectivity index (χ4n) is 1.97. The first kappa shape index (κ1) is 16.8. The van der Waals surface area contributed by atoms with Gasteiger partial charge in [-0.25, -0.2) is 0 Å². The van der Waals surface area contributed by atoms with Gasteiger partial charge in [-0.15, -0.1) is 0 Å². The third-order valence-electron chi connectivity index (χ3n) is 3.16. The molecule has 0 saturated carbocycles. The molecule has 2 aromatic carbocycles. The Balaban J connectivity index is 2.06. The van der Waals surface area contributed by atoms with Crippen LogP contribution in [0.3, 0.4) is 0 Å². The number of ether oxygens (including phenoxy) is 1. The summed E-state index contributed by atoms with van der Waals surface area (Å²) < 4.78 is 6.73. The van der Waals surface area contributed by atoms with E-state index in [-0.39, 0.29) is 5.91 Å². The number of amides is 1. The molecule has 1 atom stereocenters. The van der Waals surface area contributed by atoms with E-state index in [4.69, 9.17) is 16.3 Å². The van der Waals surface area contributed by atoms with E-state index in [0.29, 0.717) is 17.2 Å². The Morgan fingerprint density at radius 2 is 2.09 bits per heavy atom. The first-order valence-corrected chi connectivity index (χ1v) is 8.16. The molecular formula is C17H17BrClNO2. The summed E-state index contributed by atoms with van der Waals surface area (Å²) in [6.45, 7) is 3.88. The Bertz CT molecular complexity index is 675. The Morgan fingerprint density at radius 1 is 1.32 bits per heavy atom. The van der Waals surface area contributed by atoms with Gasteiger partial charge in [-0.05, 0) is 55.3 Å². The molecule has 0 radical (unpaired) electrons. The Kier molecular flexibility index (Phi) is 5.86. The summed E-state index contributed by atoms with van der Waals surface area (Å²) in [5, 5.41) is 3.46. The minimum Gasteiger partial charge on any atom is -0.481 e. The molecule has 1 amide bonds. The van der Waals surface area contributed by atoms with Crippen molar-refractivity contribution in [3.8, 4) is 5.75 Å². The summed E-state index contributed by atoms with van der Waals surface area (Å²) in [5.74, 6) is 0.408. The lowest BCUT2D eigenvalue weighted by atomic mass is 10.2. The molecule has 116 valence electrons. The van der Waals surface area contributed by atoms with E-state index in [1.54, 1.807) is 24.3 Å². The minimum atomic E-state index is -0.567. The van der Waals surface area contributed by atoms with Crippen LogP contribution in [0.2, 0.25) is 5.02 Å². The largest absolute Gasteiger partial charge is 0.481 e. The van der Waals surface area contributed by atoms with E-state index in [1.165, 1.54) is 0 Å². The van der Waals surface area contributed by atoms with Crippen molar-refractivity contribution < 1.29 is 9.53 Å². The number of halogens is 2. The molecule has 22 heavy (non-hydrogen) atoms. The number of benzene rings is 2. The first-order chi connectivity index (χ1) is 10.5. The van der Waals surface area contributed by atoms with Crippen LogP contribution in [0.25, 0.3) is 0 Å². The topological polar surface area (TPSA) is 38.3 Å². The van der Waals surface area contributed by atoms with Gasteiger partial charge in [0.2, 0.25) is 0 Å². The van der Waals surface area contributed by atoms with Gasteiger partial charge >= 0.3 is 0 Å². The highest BCUT2D eigenvalue weighted by molar-refractivity contribution is 9.10. The summed E-state index contributed by atoms with van der Waals surface area (Å²) in [5.41, 5.74) is 1.81. The number of carbonyl (C=O) groups excluding carboxylic acids is 1. The molecule has 0 fully saturated rings. The highest BCUT2D eigenvalue weighted by Gasteiger charge is 2.18. The Labute approximate surface area is 143 Å². The molecule has 2 rings (SSSR count). The minimum absolute atomic E-state index is 0.177. The van der Waals surface area contributed by atoms with Crippen LogP contribution in [0.1, 0.15) is 18.9 Å². The molecule has 0 heterocycles. The van der Waals surface area contributed by atoms with Crippen molar-refractivity contribution in [3.63, 3.8) is 0 Å². The van der Waals surface area contributed by atoms with Crippen LogP contribution in [0.5, 0.6) is 5.75 Å². The van der Waals surface area contributed by atoms with Crippen molar-refractivity contribution in [1.82, 2.24) is 0 Å².